The number of carbonyl (C=O) groups is 2. The van der Waals surface area contributed by atoms with Crippen LogP contribution in [0, 0.1) is 0 Å². The zero-order valence-corrected chi connectivity index (χ0v) is 20.2. The zero-order chi connectivity index (χ0) is 24.8. The van der Waals surface area contributed by atoms with Gasteiger partial charge in [0.05, 0.1) is 19.3 Å². The number of amides is 1. The SMILES string of the molecule is C[C@H](COC[C@@H](C(=O)O)N(C)C(=O)OCC1c2ccccc2-c2ccccc21)OC1CCCCO1. The van der Waals surface area contributed by atoms with E-state index < -0.39 is 18.1 Å². The zero-order valence-electron chi connectivity index (χ0n) is 20.2. The van der Waals surface area contributed by atoms with Gasteiger partial charge >= 0.3 is 12.1 Å². The van der Waals surface area contributed by atoms with Crippen LogP contribution in [0.3, 0.4) is 0 Å². The highest BCUT2D eigenvalue weighted by molar-refractivity contribution is 5.81. The number of likely N-dealkylation sites (N-methyl/N-ethyl adjacent to an activating group) is 1. The molecule has 1 N–H and O–H groups in total. The number of carboxylic acid groups (broad SMARTS) is 1. The maximum atomic E-state index is 12.8. The molecule has 0 spiro atoms. The van der Waals surface area contributed by atoms with Crippen molar-refractivity contribution in [3.8, 4) is 11.1 Å². The number of carbonyl (C=O) groups excluding carboxylic acids is 1. The molecule has 3 atom stereocenters. The van der Waals surface area contributed by atoms with Gasteiger partial charge in [-0.05, 0) is 48.4 Å². The molecule has 0 aromatic heterocycles. The standard InChI is InChI=1S/C27H33NO7/c1-18(35-25-13-7-8-14-33-25)15-32-17-24(26(29)30)28(2)27(31)34-16-23-21-11-5-3-9-19(21)20-10-4-6-12-22(20)23/h3-6,9-12,18,23-25H,7-8,13-17H2,1-2H3,(H,29,30)/t18-,24+,25?/m1/s1. The molecule has 1 aliphatic heterocycles. The number of rotatable bonds is 10. The van der Waals surface area contributed by atoms with Crippen LogP contribution in [-0.4, -0.2) is 74.0 Å². The lowest BCUT2D eigenvalue weighted by Crippen LogP contribution is -2.46. The number of carboxylic acids is 1. The summed E-state index contributed by atoms with van der Waals surface area (Å²) in [5.41, 5.74) is 4.45. The average Bonchev–Trinajstić information content (AvgIpc) is 3.19. The Morgan fingerprint density at radius 3 is 2.31 bits per heavy atom. The Kier molecular flexibility index (Phi) is 8.38. The van der Waals surface area contributed by atoms with Crippen molar-refractivity contribution >= 4 is 12.1 Å². The second-order valence-electron chi connectivity index (χ2n) is 9.05. The second kappa shape index (κ2) is 11.7. The molecular formula is C27H33NO7. The van der Waals surface area contributed by atoms with Crippen LogP contribution >= 0.6 is 0 Å². The third-order valence-electron chi connectivity index (χ3n) is 6.53. The van der Waals surface area contributed by atoms with Gasteiger partial charge in [0.25, 0.3) is 0 Å². The maximum absolute atomic E-state index is 12.8. The molecule has 2 aromatic rings. The first-order valence-electron chi connectivity index (χ1n) is 12.1. The van der Waals surface area contributed by atoms with Crippen molar-refractivity contribution in [2.24, 2.45) is 0 Å². The highest BCUT2D eigenvalue weighted by Crippen LogP contribution is 2.44. The Morgan fingerprint density at radius 1 is 1.06 bits per heavy atom. The summed E-state index contributed by atoms with van der Waals surface area (Å²) in [6, 6.07) is 14.9. The molecule has 1 saturated heterocycles. The molecule has 2 aromatic carbocycles. The smallest absolute Gasteiger partial charge is 0.410 e. The topological polar surface area (TPSA) is 94.5 Å². The van der Waals surface area contributed by atoms with Gasteiger partial charge in [-0.2, -0.15) is 0 Å². The van der Waals surface area contributed by atoms with Gasteiger partial charge in [-0.15, -0.1) is 0 Å². The molecule has 1 heterocycles. The molecule has 1 unspecified atom stereocenters. The Bertz CT molecular complexity index is 975. The third kappa shape index (κ3) is 6.01. The minimum absolute atomic E-state index is 0.0979. The van der Waals surface area contributed by atoms with Crippen LogP contribution < -0.4 is 0 Å². The molecule has 4 rings (SSSR count). The van der Waals surface area contributed by atoms with Gasteiger partial charge in [-0.3, -0.25) is 4.90 Å². The highest BCUT2D eigenvalue weighted by Gasteiger charge is 2.32. The van der Waals surface area contributed by atoms with Crippen molar-refractivity contribution in [3.05, 3.63) is 59.7 Å². The van der Waals surface area contributed by atoms with Crippen LogP contribution in [0.15, 0.2) is 48.5 Å². The molecule has 1 aliphatic carbocycles. The molecule has 1 fully saturated rings. The van der Waals surface area contributed by atoms with E-state index in [1.54, 1.807) is 0 Å². The van der Waals surface area contributed by atoms with Crippen molar-refractivity contribution in [3.63, 3.8) is 0 Å². The minimum Gasteiger partial charge on any atom is -0.480 e. The first kappa shape index (κ1) is 25.2. The average molecular weight is 484 g/mol. The first-order chi connectivity index (χ1) is 17.0. The van der Waals surface area contributed by atoms with Gasteiger partial charge in [0.1, 0.15) is 6.61 Å². The van der Waals surface area contributed by atoms with E-state index in [0.717, 1.165) is 46.4 Å². The second-order valence-corrected chi connectivity index (χ2v) is 9.05. The van der Waals surface area contributed by atoms with E-state index in [0.29, 0.717) is 6.61 Å². The minimum atomic E-state index is -1.18. The van der Waals surface area contributed by atoms with Gasteiger partial charge in [0, 0.05) is 19.6 Å². The van der Waals surface area contributed by atoms with Crippen LogP contribution in [0.4, 0.5) is 4.79 Å². The number of benzene rings is 2. The number of fused-ring (bicyclic) bond motifs is 3. The predicted molar refractivity (Wildman–Crippen MR) is 129 cm³/mol. The summed E-state index contributed by atoms with van der Waals surface area (Å²) < 4.78 is 22.5. The summed E-state index contributed by atoms with van der Waals surface area (Å²) in [5.74, 6) is -1.26. The molecule has 8 heteroatoms. The van der Waals surface area contributed by atoms with Crippen LogP contribution in [-0.2, 0) is 23.7 Å². The van der Waals surface area contributed by atoms with E-state index in [1.165, 1.54) is 7.05 Å². The summed E-state index contributed by atoms with van der Waals surface area (Å²) >= 11 is 0. The molecule has 35 heavy (non-hydrogen) atoms. The maximum Gasteiger partial charge on any atom is 0.410 e. The van der Waals surface area contributed by atoms with Crippen molar-refractivity contribution in [1.82, 2.24) is 4.90 Å². The number of hydrogen-bond acceptors (Lipinski definition) is 6. The van der Waals surface area contributed by atoms with E-state index in [2.05, 4.69) is 12.1 Å². The van der Waals surface area contributed by atoms with Gasteiger partial charge in [-0.25, -0.2) is 9.59 Å². The third-order valence-corrected chi connectivity index (χ3v) is 6.53. The summed E-state index contributed by atoms with van der Waals surface area (Å²) in [4.78, 5) is 25.7. The summed E-state index contributed by atoms with van der Waals surface area (Å²) in [5, 5.41) is 9.68. The molecule has 8 nitrogen and oxygen atoms in total. The van der Waals surface area contributed by atoms with Crippen LogP contribution in [0.2, 0.25) is 0 Å². The summed E-state index contributed by atoms with van der Waals surface area (Å²) in [7, 11) is 1.41. The number of ether oxygens (including phenoxy) is 4. The Hall–Kier alpha value is -2.94. The number of hydrogen-bond donors (Lipinski definition) is 1. The van der Waals surface area contributed by atoms with Gasteiger partial charge in [0.15, 0.2) is 12.3 Å². The molecule has 1 amide bonds. The molecule has 0 radical (unpaired) electrons. The highest BCUT2D eigenvalue weighted by atomic mass is 16.7. The van der Waals surface area contributed by atoms with E-state index in [1.807, 2.05) is 43.3 Å². The number of nitrogens with zero attached hydrogens (tertiary/aromatic N) is 1. The monoisotopic (exact) mass is 483 g/mol. The van der Waals surface area contributed by atoms with Crippen LogP contribution in [0.5, 0.6) is 0 Å². The first-order valence-corrected chi connectivity index (χ1v) is 12.1. The van der Waals surface area contributed by atoms with Crippen LogP contribution in [0.1, 0.15) is 43.2 Å². The summed E-state index contributed by atoms with van der Waals surface area (Å²) in [6.45, 7) is 2.68. The molecule has 0 bridgehead atoms. The Balaban J connectivity index is 1.30. The summed E-state index contributed by atoms with van der Waals surface area (Å²) in [6.07, 6.45) is 1.72. The van der Waals surface area contributed by atoms with E-state index in [4.69, 9.17) is 18.9 Å². The fourth-order valence-corrected chi connectivity index (χ4v) is 4.63. The van der Waals surface area contributed by atoms with Gasteiger partial charge < -0.3 is 24.1 Å². The molecule has 0 saturated carbocycles. The molecule has 2 aliphatic rings. The van der Waals surface area contributed by atoms with E-state index in [9.17, 15) is 14.7 Å². The molecular weight excluding hydrogens is 450 g/mol. The lowest BCUT2D eigenvalue weighted by atomic mass is 9.98. The van der Waals surface area contributed by atoms with Crippen molar-refractivity contribution < 1.29 is 33.6 Å². The predicted octanol–water partition coefficient (Wildman–Crippen LogP) is 4.27. The fraction of sp³-hybridized carbons (Fsp3) is 0.481. The fourth-order valence-electron chi connectivity index (χ4n) is 4.63. The van der Waals surface area contributed by atoms with Crippen molar-refractivity contribution in [1.29, 1.82) is 0 Å². The Labute approximate surface area is 205 Å². The normalized spacial score (nSPS) is 18.9. The molecule has 188 valence electrons. The quantitative estimate of drug-likeness (QED) is 0.539. The van der Waals surface area contributed by atoms with Gasteiger partial charge in [-0.1, -0.05) is 48.5 Å². The van der Waals surface area contributed by atoms with E-state index in [-0.39, 0.29) is 38.1 Å². The lowest BCUT2D eigenvalue weighted by molar-refractivity contribution is -0.194. The lowest BCUT2D eigenvalue weighted by Gasteiger charge is -2.27. The van der Waals surface area contributed by atoms with Crippen molar-refractivity contribution in [2.45, 2.75) is 50.5 Å². The Morgan fingerprint density at radius 2 is 1.71 bits per heavy atom. The van der Waals surface area contributed by atoms with E-state index >= 15 is 0 Å². The largest absolute Gasteiger partial charge is 0.480 e. The van der Waals surface area contributed by atoms with Crippen molar-refractivity contribution in [2.75, 3.05) is 33.5 Å². The number of aliphatic carboxylic acids is 1. The van der Waals surface area contributed by atoms with Crippen LogP contribution in [0.25, 0.3) is 11.1 Å². The van der Waals surface area contributed by atoms with Gasteiger partial charge in [0.2, 0.25) is 0 Å².